The summed E-state index contributed by atoms with van der Waals surface area (Å²) < 4.78 is 3.63. The molecule has 7 heteroatoms. The zero-order valence-corrected chi connectivity index (χ0v) is 12.5. The van der Waals surface area contributed by atoms with Crippen LogP contribution in [0.2, 0.25) is 0 Å². The third kappa shape index (κ3) is 3.91. The van der Waals surface area contributed by atoms with Crippen LogP contribution in [-0.2, 0) is 13.1 Å². The quantitative estimate of drug-likeness (QED) is 0.776. The Morgan fingerprint density at radius 1 is 1.29 bits per heavy atom. The first-order valence-electron chi connectivity index (χ1n) is 7.11. The third-order valence-corrected chi connectivity index (χ3v) is 3.31. The molecule has 3 N–H and O–H groups in total. The van der Waals surface area contributed by atoms with Crippen LogP contribution in [-0.4, -0.2) is 38.6 Å². The van der Waals surface area contributed by atoms with Crippen LogP contribution in [0.3, 0.4) is 0 Å². The average molecular weight is 290 g/mol. The molecule has 0 aliphatic carbocycles. The van der Waals surface area contributed by atoms with E-state index in [1.54, 1.807) is 12.4 Å². The Labute approximate surface area is 124 Å². The number of nitrogens with two attached hydrogens (primary N) is 1. The number of hydrogen-bond donors (Lipinski definition) is 2. The monoisotopic (exact) mass is 290 g/mol. The molecule has 2 aromatic heterocycles. The van der Waals surface area contributed by atoms with Crippen molar-refractivity contribution in [3.05, 3.63) is 35.4 Å². The Hall–Kier alpha value is -2.15. The molecule has 7 nitrogen and oxygen atoms in total. The number of hydrogen-bond acceptors (Lipinski definition) is 4. The molecule has 0 saturated heterocycles. The fraction of sp³-hybridized carbons (Fsp3) is 0.500. The molecule has 0 aliphatic heterocycles. The van der Waals surface area contributed by atoms with Crippen LogP contribution < -0.4 is 11.1 Å². The zero-order chi connectivity index (χ0) is 15.2. The van der Waals surface area contributed by atoms with Gasteiger partial charge in [-0.2, -0.15) is 10.2 Å². The van der Waals surface area contributed by atoms with E-state index in [0.29, 0.717) is 25.2 Å². The molecule has 0 atom stereocenters. The van der Waals surface area contributed by atoms with Crippen molar-refractivity contribution in [1.82, 2.24) is 24.9 Å². The Kier molecular flexibility index (Phi) is 5.10. The molecule has 114 valence electrons. The van der Waals surface area contributed by atoms with Gasteiger partial charge in [0.25, 0.3) is 5.91 Å². The SMILES string of the molecule is Cc1cnn(CCNC(=O)c2cnn(CCCN)c2C)c1. The summed E-state index contributed by atoms with van der Waals surface area (Å²) in [7, 11) is 0. The van der Waals surface area contributed by atoms with Crippen LogP contribution >= 0.6 is 0 Å². The summed E-state index contributed by atoms with van der Waals surface area (Å²) >= 11 is 0. The summed E-state index contributed by atoms with van der Waals surface area (Å²) in [6.45, 7) is 6.43. The van der Waals surface area contributed by atoms with Crippen molar-refractivity contribution in [3.8, 4) is 0 Å². The van der Waals surface area contributed by atoms with E-state index in [4.69, 9.17) is 5.73 Å². The summed E-state index contributed by atoms with van der Waals surface area (Å²) in [4.78, 5) is 12.1. The molecular formula is C14H22N6O. The van der Waals surface area contributed by atoms with Crippen molar-refractivity contribution in [2.45, 2.75) is 33.4 Å². The van der Waals surface area contributed by atoms with Gasteiger partial charge in [0, 0.05) is 25.0 Å². The van der Waals surface area contributed by atoms with E-state index < -0.39 is 0 Å². The molecule has 0 saturated carbocycles. The van der Waals surface area contributed by atoms with Crippen LogP contribution in [0.4, 0.5) is 0 Å². The molecule has 0 aromatic carbocycles. The van der Waals surface area contributed by atoms with Gasteiger partial charge in [0.15, 0.2) is 0 Å². The minimum atomic E-state index is -0.102. The predicted molar refractivity (Wildman–Crippen MR) is 79.9 cm³/mol. The number of aromatic nitrogens is 4. The zero-order valence-electron chi connectivity index (χ0n) is 12.5. The molecule has 1 amide bonds. The first kappa shape index (κ1) is 15.2. The number of carbonyl (C=O) groups excluding carboxylic acids is 1. The summed E-state index contributed by atoms with van der Waals surface area (Å²) in [5.74, 6) is -0.102. The van der Waals surface area contributed by atoms with E-state index in [1.165, 1.54) is 0 Å². The summed E-state index contributed by atoms with van der Waals surface area (Å²) in [6.07, 6.45) is 6.21. The van der Waals surface area contributed by atoms with Gasteiger partial charge in [0.2, 0.25) is 0 Å². The molecule has 2 rings (SSSR count). The number of rotatable bonds is 7. The van der Waals surface area contributed by atoms with Gasteiger partial charge in [-0.05, 0) is 32.4 Å². The van der Waals surface area contributed by atoms with Crippen LogP contribution in [0.15, 0.2) is 18.6 Å². The highest BCUT2D eigenvalue weighted by Crippen LogP contribution is 2.07. The first-order chi connectivity index (χ1) is 10.1. The molecule has 2 heterocycles. The molecule has 0 unspecified atom stereocenters. The van der Waals surface area contributed by atoms with E-state index in [2.05, 4.69) is 15.5 Å². The molecule has 0 radical (unpaired) electrons. The lowest BCUT2D eigenvalue weighted by atomic mass is 10.2. The lowest BCUT2D eigenvalue weighted by molar-refractivity contribution is 0.0951. The molecule has 0 aliphatic rings. The van der Waals surface area contributed by atoms with Crippen LogP contribution in [0.25, 0.3) is 0 Å². The fourth-order valence-electron chi connectivity index (χ4n) is 2.10. The first-order valence-corrected chi connectivity index (χ1v) is 7.11. The Bertz CT molecular complexity index is 600. The van der Waals surface area contributed by atoms with E-state index in [0.717, 1.165) is 24.2 Å². The molecule has 21 heavy (non-hydrogen) atoms. The summed E-state index contributed by atoms with van der Waals surface area (Å²) in [6, 6.07) is 0. The maximum atomic E-state index is 12.1. The van der Waals surface area contributed by atoms with Crippen molar-refractivity contribution >= 4 is 5.91 Å². The highest BCUT2D eigenvalue weighted by Gasteiger charge is 2.13. The van der Waals surface area contributed by atoms with Crippen LogP contribution in [0, 0.1) is 13.8 Å². The highest BCUT2D eigenvalue weighted by atomic mass is 16.1. The summed E-state index contributed by atoms with van der Waals surface area (Å²) in [5.41, 5.74) is 8.08. The fourth-order valence-corrected chi connectivity index (χ4v) is 2.10. The van der Waals surface area contributed by atoms with Gasteiger partial charge in [-0.1, -0.05) is 0 Å². The van der Waals surface area contributed by atoms with E-state index in [-0.39, 0.29) is 5.91 Å². The highest BCUT2D eigenvalue weighted by molar-refractivity contribution is 5.94. The largest absolute Gasteiger partial charge is 0.350 e. The number of nitrogens with one attached hydrogen (secondary N) is 1. The minimum Gasteiger partial charge on any atom is -0.350 e. The van der Waals surface area contributed by atoms with E-state index >= 15 is 0 Å². The van der Waals surface area contributed by atoms with Gasteiger partial charge >= 0.3 is 0 Å². The standard InChI is InChI=1S/C14H22N6O/c1-11-8-17-19(10-11)7-5-16-14(21)13-9-18-20(12(13)2)6-3-4-15/h8-10H,3-7,15H2,1-2H3,(H,16,21). The number of nitrogens with zero attached hydrogens (tertiary/aromatic N) is 4. The molecule has 0 bridgehead atoms. The maximum absolute atomic E-state index is 12.1. The lowest BCUT2D eigenvalue weighted by Gasteiger charge is -2.06. The van der Waals surface area contributed by atoms with Crippen molar-refractivity contribution in [1.29, 1.82) is 0 Å². The second-order valence-corrected chi connectivity index (χ2v) is 5.05. The van der Waals surface area contributed by atoms with E-state index in [1.807, 2.05) is 29.4 Å². The summed E-state index contributed by atoms with van der Waals surface area (Å²) in [5, 5.41) is 11.3. The maximum Gasteiger partial charge on any atom is 0.254 e. The minimum absolute atomic E-state index is 0.102. The number of carbonyl (C=O) groups is 1. The van der Waals surface area contributed by atoms with Crippen molar-refractivity contribution in [2.75, 3.05) is 13.1 Å². The van der Waals surface area contributed by atoms with Gasteiger partial charge in [0.05, 0.1) is 24.5 Å². The third-order valence-electron chi connectivity index (χ3n) is 3.31. The second kappa shape index (κ2) is 7.03. The second-order valence-electron chi connectivity index (χ2n) is 5.05. The van der Waals surface area contributed by atoms with Gasteiger partial charge in [-0.15, -0.1) is 0 Å². The Morgan fingerprint density at radius 3 is 2.76 bits per heavy atom. The topological polar surface area (TPSA) is 90.8 Å². The smallest absolute Gasteiger partial charge is 0.254 e. The van der Waals surface area contributed by atoms with E-state index in [9.17, 15) is 4.79 Å². The van der Waals surface area contributed by atoms with Crippen molar-refractivity contribution in [3.63, 3.8) is 0 Å². The van der Waals surface area contributed by atoms with Crippen molar-refractivity contribution in [2.24, 2.45) is 5.73 Å². The van der Waals surface area contributed by atoms with Crippen LogP contribution in [0.1, 0.15) is 28.0 Å². The normalized spacial score (nSPS) is 10.8. The molecule has 0 spiro atoms. The molecular weight excluding hydrogens is 268 g/mol. The van der Waals surface area contributed by atoms with Crippen LogP contribution in [0.5, 0.6) is 0 Å². The Balaban J connectivity index is 1.87. The Morgan fingerprint density at radius 2 is 2.10 bits per heavy atom. The van der Waals surface area contributed by atoms with Gasteiger partial charge in [-0.3, -0.25) is 14.2 Å². The van der Waals surface area contributed by atoms with Gasteiger partial charge in [-0.25, -0.2) is 0 Å². The molecule has 0 fully saturated rings. The average Bonchev–Trinajstić information content (AvgIpc) is 3.03. The predicted octanol–water partition coefficient (Wildman–Crippen LogP) is 0.475. The van der Waals surface area contributed by atoms with Gasteiger partial charge in [0.1, 0.15) is 0 Å². The number of aryl methyl sites for hydroxylation is 2. The van der Waals surface area contributed by atoms with Gasteiger partial charge < -0.3 is 11.1 Å². The lowest BCUT2D eigenvalue weighted by Crippen LogP contribution is -2.27. The number of amides is 1. The van der Waals surface area contributed by atoms with Crippen molar-refractivity contribution < 1.29 is 4.79 Å². The molecule has 2 aromatic rings.